The molecular weight excluding hydrogens is 250 g/mol. The molecule has 1 aliphatic carbocycles. The topological polar surface area (TPSA) is 42.4 Å². The lowest BCUT2D eigenvalue weighted by Gasteiger charge is -2.16. The summed E-state index contributed by atoms with van der Waals surface area (Å²) < 4.78 is 5.84. The molecule has 0 bridgehead atoms. The van der Waals surface area contributed by atoms with Crippen LogP contribution in [0.25, 0.3) is 0 Å². The van der Waals surface area contributed by atoms with Gasteiger partial charge in [0, 0.05) is 0 Å². The molecule has 1 heterocycles. The van der Waals surface area contributed by atoms with Crippen LogP contribution in [0.2, 0.25) is 0 Å². The largest absolute Gasteiger partial charge is 0.456 e. The fraction of sp³-hybridized carbons (Fsp3) is 0.353. The van der Waals surface area contributed by atoms with E-state index in [9.17, 15) is 5.11 Å². The second-order valence-corrected chi connectivity index (χ2v) is 5.33. The molecule has 0 amide bonds. The summed E-state index contributed by atoms with van der Waals surface area (Å²) in [4.78, 5) is 4.19. The lowest BCUT2D eigenvalue weighted by atomic mass is 9.92. The highest BCUT2D eigenvalue weighted by atomic mass is 16.5. The number of aliphatic hydroxyl groups excluding tert-OH is 1. The molecule has 20 heavy (non-hydrogen) atoms. The molecule has 2 aromatic rings. The van der Waals surface area contributed by atoms with Crippen LogP contribution >= 0.6 is 0 Å². The highest BCUT2D eigenvalue weighted by Crippen LogP contribution is 2.28. The molecule has 1 aromatic heterocycles. The van der Waals surface area contributed by atoms with E-state index in [4.69, 9.17) is 4.74 Å². The van der Waals surface area contributed by atoms with Crippen molar-refractivity contribution in [3.63, 3.8) is 0 Å². The van der Waals surface area contributed by atoms with Crippen molar-refractivity contribution in [2.75, 3.05) is 0 Å². The number of hydrogen-bond donors (Lipinski definition) is 1. The molecule has 0 fully saturated rings. The van der Waals surface area contributed by atoms with Crippen LogP contribution in [0.15, 0.2) is 36.5 Å². The summed E-state index contributed by atoms with van der Waals surface area (Å²) in [5.41, 5.74) is 3.51. The van der Waals surface area contributed by atoms with Crippen molar-refractivity contribution in [2.45, 2.75) is 38.7 Å². The van der Waals surface area contributed by atoms with Crippen molar-refractivity contribution >= 4 is 0 Å². The highest BCUT2D eigenvalue weighted by Gasteiger charge is 2.10. The zero-order valence-corrected chi connectivity index (χ0v) is 11.7. The van der Waals surface area contributed by atoms with Gasteiger partial charge in [0.1, 0.15) is 11.5 Å². The predicted octanol–water partition coefficient (Wildman–Crippen LogP) is 3.81. The molecule has 0 spiro atoms. The van der Waals surface area contributed by atoms with Crippen molar-refractivity contribution in [1.29, 1.82) is 0 Å². The Morgan fingerprint density at radius 1 is 1.05 bits per heavy atom. The summed E-state index contributed by atoms with van der Waals surface area (Å²) in [5.74, 6) is 1.56. The molecule has 1 aromatic carbocycles. The van der Waals surface area contributed by atoms with Crippen LogP contribution in [0.3, 0.4) is 0 Å². The van der Waals surface area contributed by atoms with Gasteiger partial charge < -0.3 is 9.84 Å². The Bertz CT molecular complexity index is 590. The minimum atomic E-state index is -0.548. The van der Waals surface area contributed by atoms with E-state index < -0.39 is 6.10 Å². The van der Waals surface area contributed by atoms with E-state index >= 15 is 0 Å². The van der Waals surface area contributed by atoms with Gasteiger partial charge >= 0.3 is 0 Å². The second kappa shape index (κ2) is 5.63. The third-order valence-corrected chi connectivity index (χ3v) is 3.74. The third kappa shape index (κ3) is 2.83. The fourth-order valence-electron chi connectivity index (χ4n) is 2.61. The minimum Gasteiger partial charge on any atom is -0.456 e. The molecule has 1 atom stereocenters. The average molecular weight is 269 g/mol. The lowest BCUT2D eigenvalue weighted by molar-refractivity contribution is 0.194. The lowest BCUT2D eigenvalue weighted by Crippen LogP contribution is -2.02. The Labute approximate surface area is 119 Å². The van der Waals surface area contributed by atoms with Gasteiger partial charge in [0.25, 0.3) is 0 Å². The van der Waals surface area contributed by atoms with Crippen LogP contribution in [-0.2, 0) is 12.8 Å². The number of benzene rings is 1. The summed E-state index contributed by atoms with van der Waals surface area (Å²) in [7, 11) is 0. The van der Waals surface area contributed by atoms with Gasteiger partial charge in [0.05, 0.1) is 18.0 Å². The number of ether oxygens (including phenoxy) is 1. The van der Waals surface area contributed by atoms with Gasteiger partial charge in [-0.3, -0.25) is 4.98 Å². The Morgan fingerprint density at radius 2 is 1.80 bits per heavy atom. The summed E-state index contributed by atoms with van der Waals surface area (Å²) >= 11 is 0. The number of aliphatic hydroxyl groups is 1. The van der Waals surface area contributed by atoms with E-state index in [2.05, 4.69) is 17.1 Å². The monoisotopic (exact) mass is 269 g/mol. The molecule has 1 N–H and O–H groups in total. The number of aryl methyl sites for hydroxylation is 2. The van der Waals surface area contributed by atoms with E-state index in [-0.39, 0.29) is 0 Å². The van der Waals surface area contributed by atoms with Crippen molar-refractivity contribution < 1.29 is 9.84 Å². The van der Waals surface area contributed by atoms with Crippen molar-refractivity contribution in [3.8, 4) is 11.5 Å². The number of aromatic nitrogens is 1. The van der Waals surface area contributed by atoms with E-state index in [0.717, 1.165) is 12.2 Å². The van der Waals surface area contributed by atoms with E-state index in [1.54, 1.807) is 19.2 Å². The number of pyridine rings is 1. The molecule has 0 aliphatic heterocycles. The maximum absolute atomic E-state index is 9.43. The SMILES string of the molecule is CC(O)c1ccc(Oc2ccc3c(c2)CCCC3)cn1. The van der Waals surface area contributed by atoms with Crippen molar-refractivity contribution in [2.24, 2.45) is 0 Å². The summed E-state index contributed by atoms with van der Waals surface area (Å²) in [6.45, 7) is 1.70. The van der Waals surface area contributed by atoms with Gasteiger partial charge in [0.2, 0.25) is 0 Å². The first-order chi connectivity index (χ1) is 9.72. The first-order valence-corrected chi connectivity index (χ1v) is 7.16. The Morgan fingerprint density at radius 3 is 2.50 bits per heavy atom. The Balaban J connectivity index is 1.77. The maximum Gasteiger partial charge on any atom is 0.145 e. The van der Waals surface area contributed by atoms with E-state index in [1.165, 1.54) is 30.4 Å². The number of fused-ring (bicyclic) bond motifs is 1. The Hall–Kier alpha value is -1.87. The predicted molar refractivity (Wildman–Crippen MR) is 78.0 cm³/mol. The molecular formula is C17H19NO2. The second-order valence-electron chi connectivity index (χ2n) is 5.33. The number of nitrogens with zero attached hydrogens (tertiary/aromatic N) is 1. The molecule has 104 valence electrons. The minimum absolute atomic E-state index is 0.548. The first kappa shape index (κ1) is 13.1. The quantitative estimate of drug-likeness (QED) is 0.921. The molecule has 3 nitrogen and oxygen atoms in total. The van der Waals surface area contributed by atoms with Crippen LogP contribution < -0.4 is 4.74 Å². The van der Waals surface area contributed by atoms with Crippen LogP contribution in [0, 0.1) is 0 Å². The normalized spacial score (nSPS) is 15.5. The van der Waals surface area contributed by atoms with Crippen LogP contribution in [0.1, 0.15) is 42.7 Å². The smallest absolute Gasteiger partial charge is 0.145 e. The van der Waals surface area contributed by atoms with E-state index in [1.807, 2.05) is 12.1 Å². The van der Waals surface area contributed by atoms with E-state index in [0.29, 0.717) is 11.4 Å². The van der Waals surface area contributed by atoms with Crippen LogP contribution in [0.4, 0.5) is 0 Å². The Kier molecular flexibility index (Phi) is 3.70. The average Bonchev–Trinajstić information content (AvgIpc) is 2.48. The zero-order valence-electron chi connectivity index (χ0n) is 11.7. The molecule has 0 saturated carbocycles. The standard InChI is InChI=1S/C17H19NO2/c1-12(19)17-9-8-16(11-18-17)20-15-7-6-13-4-2-3-5-14(13)10-15/h6-12,19H,2-5H2,1H3. The first-order valence-electron chi connectivity index (χ1n) is 7.16. The van der Waals surface area contributed by atoms with Gasteiger partial charge in [-0.2, -0.15) is 0 Å². The zero-order chi connectivity index (χ0) is 13.9. The maximum atomic E-state index is 9.43. The molecule has 1 unspecified atom stereocenters. The van der Waals surface area contributed by atoms with Crippen molar-refractivity contribution in [1.82, 2.24) is 4.98 Å². The molecule has 0 radical (unpaired) electrons. The summed E-state index contributed by atoms with van der Waals surface area (Å²) in [6.07, 6.45) is 5.99. The molecule has 3 heteroatoms. The number of rotatable bonds is 3. The molecule has 3 rings (SSSR count). The number of hydrogen-bond acceptors (Lipinski definition) is 3. The molecule has 0 saturated heterocycles. The van der Waals surface area contributed by atoms with Gasteiger partial charge in [-0.1, -0.05) is 6.07 Å². The third-order valence-electron chi connectivity index (χ3n) is 3.74. The highest BCUT2D eigenvalue weighted by molar-refractivity contribution is 5.39. The van der Waals surface area contributed by atoms with Gasteiger partial charge in [0.15, 0.2) is 0 Å². The summed E-state index contributed by atoms with van der Waals surface area (Å²) in [5, 5.41) is 9.43. The van der Waals surface area contributed by atoms with Gasteiger partial charge in [-0.25, -0.2) is 0 Å². The van der Waals surface area contributed by atoms with Crippen molar-refractivity contribution in [3.05, 3.63) is 53.3 Å². The van der Waals surface area contributed by atoms with Gasteiger partial charge in [-0.05, 0) is 68.0 Å². The summed E-state index contributed by atoms with van der Waals surface area (Å²) in [6, 6.07) is 9.96. The van der Waals surface area contributed by atoms with Gasteiger partial charge in [-0.15, -0.1) is 0 Å². The molecule has 1 aliphatic rings. The van der Waals surface area contributed by atoms with Crippen LogP contribution in [-0.4, -0.2) is 10.1 Å². The fourth-order valence-corrected chi connectivity index (χ4v) is 2.61. The van der Waals surface area contributed by atoms with Crippen LogP contribution in [0.5, 0.6) is 11.5 Å².